The van der Waals surface area contributed by atoms with Crippen molar-refractivity contribution in [2.24, 2.45) is 5.41 Å². The SMILES string of the molecule is COc1ccc([N+](=O)[O-])cc1OCC1(CBr)CCCC1. The van der Waals surface area contributed by atoms with Gasteiger partial charge in [-0.1, -0.05) is 28.8 Å². The molecule has 0 aromatic heterocycles. The summed E-state index contributed by atoms with van der Waals surface area (Å²) in [5.74, 6) is 0.965. The molecule has 0 saturated heterocycles. The van der Waals surface area contributed by atoms with Gasteiger partial charge in [0.05, 0.1) is 24.7 Å². The van der Waals surface area contributed by atoms with Crippen LogP contribution in [0.1, 0.15) is 25.7 Å². The van der Waals surface area contributed by atoms with Crippen molar-refractivity contribution in [1.82, 2.24) is 0 Å². The zero-order valence-corrected chi connectivity index (χ0v) is 13.0. The lowest BCUT2D eigenvalue weighted by atomic mass is 9.90. The first-order valence-electron chi connectivity index (χ1n) is 6.61. The summed E-state index contributed by atoms with van der Waals surface area (Å²) in [6, 6.07) is 4.42. The molecular weight excluding hydrogens is 326 g/mol. The smallest absolute Gasteiger partial charge is 0.273 e. The van der Waals surface area contributed by atoms with Gasteiger partial charge in [0.1, 0.15) is 0 Å². The van der Waals surface area contributed by atoms with Crippen LogP contribution in [0.5, 0.6) is 11.5 Å². The van der Waals surface area contributed by atoms with Crippen molar-refractivity contribution in [1.29, 1.82) is 0 Å². The van der Waals surface area contributed by atoms with Gasteiger partial charge >= 0.3 is 0 Å². The molecule has 1 aliphatic rings. The predicted octanol–water partition coefficient (Wildman–Crippen LogP) is 3.94. The lowest BCUT2D eigenvalue weighted by Gasteiger charge is -2.26. The number of hydrogen-bond donors (Lipinski definition) is 0. The van der Waals surface area contributed by atoms with E-state index in [1.807, 2.05) is 0 Å². The van der Waals surface area contributed by atoms with Crippen LogP contribution < -0.4 is 9.47 Å². The summed E-state index contributed by atoms with van der Waals surface area (Å²) in [5.41, 5.74) is 0.149. The van der Waals surface area contributed by atoms with Crippen molar-refractivity contribution in [3.63, 3.8) is 0 Å². The van der Waals surface area contributed by atoms with Crippen LogP contribution in [-0.4, -0.2) is 24.0 Å². The second kappa shape index (κ2) is 6.43. The van der Waals surface area contributed by atoms with Crippen molar-refractivity contribution < 1.29 is 14.4 Å². The molecule has 1 aliphatic carbocycles. The fourth-order valence-electron chi connectivity index (χ4n) is 2.56. The Bertz CT molecular complexity index is 486. The number of nitro benzene ring substituents is 1. The Labute approximate surface area is 126 Å². The molecule has 5 nitrogen and oxygen atoms in total. The van der Waals surface area contributed by atoms with Crippen LogP contribution in [0.3, 0.4) is 0 Å². The fourth-order valence-corrected chi connectivity index (χ4v) is 3.29. The number of nitrogens with zero attached hydrogens (tertiary/aromatic N) is 1. The monoisotopic (exact) mass is 343 g/mol. The molecule has 0 amide bonds. The standard InChI is InChI=1S/C14H18BrNO4/c1-19-12-5-4-11(16(17)18)8-13(12)20-10-14(9-15)6-2-3-7-14/h4-5,8H,2-3,6-7,9-10H2,1H3. The fraction of sp³-hybridized carbons (Fsp3) is 0.571. The van der Waals surface area contributed by atoms with Crippen molar-refractivity contribution in [2.45, 2.75) is 25.7 Å². The molecule has 0 unspecified atom stereocenters. The molecule has 20 heavy (non-hydrogen) atoms. The van der Waals surface area contributed by atoms with E-state index < -0.39 is 4.92 Å². The molecule has 0 aliphatic heterocycles. The average Bonchev–Trinajstić information content (AvgIpc) is 2.94. The third kappa shape index (κ3) is 3.23. The Kier molecular flexibility index (Phi) is 4.86. The Morgan fingerprint density at radius 3 is 2.60 bits per heavy atom. The number of nitro groups is 1. The van der Waals surface area contributed by atoms with Gasteiger partial charge in [-0.2, -0.15) is 0 Å². The Balaban J connectivity index is 2.14. The summed E-state index contributed by atoms with van der Waals surface area (Å²) in [5, 5.41) is 11.7. The first-order valence-corrected chi connectivity index (χ1v) is 7.73. The van der Waals surface area contributed by atoms with Gasteiger partial charge in [0.15, 0.2) is 11.5 Å². The number of hydrogen-bond acceptors (Lipinski definition) is 4. The number of methoxy groups -OCH3 is 1. The highest BCUT2D eigenvalue weighted by Gasteiger charge is 2.34. The van der Waals surface area contributed by atoms with Crippen LogP contribution >= 0.6 is 15.9 Å². The van der Waals surface area contributed by atoms with E-state index in [2.05, 4.69) is 15.9 Å². The van der Waals surface area contributed by atoms with E-state index in [4.69, 9.17) is 9.47 Å². The van der Waals surface area contributed by atoms with Crippen LogP contribution in [0.2, 0.25) is 0 Å². The van der Waals surface area contributed by atoms with Crippen molar-refractivity contribution >= 4 is 21.6 Å². The number of ether oxygens (including phenoxy) is 2. The maximum atomic E-state index is 10.8. The van der Waals surface area contributed by atoms with E-state index in [1.165, 1.54) is 32.1 Å². The number of halogens is 1. The first kappa shape index (κ1) is 15.1. The zero-order chi connectivity index (χ0) is 14.6. The summed E-state index contributed by atoms with van der Waals surface area (Å²) < 4.78 is 11.0. The van der Waals surface area contributed by atoms with E-state index in [9.17, 15) is 10.1 Å². The Morgan fingerprint density at radius 2 is 2.05 bits per heavy atom. The minimum absolute atomic E-state index is 0.0140. The molecule has 1 aromatic rings. The van der Waals surface area contributed by atoms with Gasteiger partial charge in [-0.15, -0.1) is 0 Å². The van der Waals surface area contributed by atoms with Crippen LogP contribution in [0.4, 0.5) is 5.69 Å². The van der Waals surface area contributed by atoms with Gasteiger partial charge in [0.2, 0.25) is 0 Å². The molecule has 0 bridgehead atoms. The second-order valence-electron chi connectivity index (χ2n) is 5.22. The molecule has 0 N–H and O–H groups in total. The summed E-state index contributed by atoms with van der Waals surface area (Å²) in [4.78, 5) is 10.4. The molecular formula is C14H18BrNO4. The van der Waals surface area contributed by atoms with E-state index in [0.717, 1.165) is 18.2 Å². The minimum atomic E-state index is -0.428. The van der Waals surface area contributed by atoms with Crippen LogP contribution in [0.15, 0.2) is 18.2 Å². The molecule has 110 valence electrons. The van der Waals surface area contributed by atoms with Crippen LogP contribution in [0, 0.1) is 15.5 Å². The summed E-state index contributed by atoms with van der Waals surface area (Å²) in [6.45, 7) is 0.551. The summed E-state index contributed by atoms with van der Waals surface area (Å²) in [6.07, 6.45) is 4.66. The lowest BCUT2D eigenvalue weighted by Crippen LogP contribution is -2.27. The van der Waals surface area contributed by atoms with Gasteiger partial charge < -0.3 is 9.47 Å². The normalized spacial score (nSPS) is 16.9. The topological polar surface area (TPSA) is 61.6 Å². The van der Waals surface area contributed by atoms with E-state index >= 15 is 0 Å². The minimum Gasteiger partial charge on any atom is -0.493 e. The molecule has 0 heterocycles. The largest absolute Gasteiger partial charge is 0.493 e. The highest BCUT2D eigenvalue weighted by molar-refractivity contribution is 9.09. The maximum Gasteiger partial charge on any atom is 0.273 e. The van der Waals surface area contributed by atoms with Gasteiger partial charge in [0, 0.05) is 16.8 Å². The number of rotatable bonds is 6. The average molecular weight is 344 g/mol. The number of non-ortho nitro benzene ring substituents is 1. The van der Waals surface area contributed by atoms with Crippen LogP contribution in [-0.2, 0) is 0 Å². The first-order chi connectivity index (χ1) is 9.60. The molecule has 6 heteroatoms. The summed E-state index contributed by atoms with van der Waals surface area (Å²) >= 11 is 3.56. The number of benzene rings is 1. The van der Waals surface area contributed by atoms with Crippen molar-refractivity contribution in [3.05, 3.63) is 28.3 Å². The molecule has 1 saturated carbocycles. The van der Waals surface area contributed by atoms with Gasteiger partial charge in [-0.25, -0.2) is 0 Å². The third-order valence-corrected chi connectivity index (χ3v) is 5.03. The predicted molar refractivity (Wildman–Crippen MR) is 79.8 cm³/mol. The van der Waals surface area contributed by atoms with E-state index in [-0.39, 0.29) is 11.1 Å². The summed E-state index contributed by atoms with van der Waals surface area (Å²) in [7, 11) is 1.53. The Hall–Kier alpha value is -1.30. The molecule has 0 spiro atoms. The highest BCUT2D eigenvalue weighted by Crippen LogP contribution is 2.41. The van der Waals surface area contributed by atoms with Gasteiger partial charge in [-0.05, 0) is 18.9 Å². The van der Waals surface area contributed by atoms with Gasteiger partial charge in [0.25, 0.3) is 5.69 Å². The molecule has 0 atom stereocenters. The lowest BCUT2D eigenvalue weighted by molar-refractivity contribution is -0.385. The molecule has 0 radical (unpaired) electrons. The maximum absolute atomic E-state index is 10.8. The zero-order valence-electron chi connectivity index (χ0n) is 11.4. The molecule has 1 aromatic carbocycles. The molecule has 2 rings (SSSR count). The van der Waals surface area contributed by atoms with Crippen molar-refractivity contribution in [2.75, 3.05) is 19.0 Å². The van der Waals surface area contributed by atoms with Gasteiger partial charge in [-0.3, -0.25) is 10.1 Å². The van der Waals surface area contributed by atoms with Crippen molar-refractivity contribution in [3.8, 4) is 11.5 Å². The quantitative estimate of drug-likeness (QED) is 0.446. The van der Waals surface area contributed by atoms with Crippen LogP contribution in [0.25, 0.3) is 0 Å². The molecule has 1 fully saturated rings. The third-order valence-electron chi connectivity index (χ3n) is 3.84. The highest BCUT2D eigenvalue weighted by atomic mass is 79.9. The van der Waals surface area contributed by atoms with E-state index in [1.54, 1.807) is 6.07 Å². The number of alkyl halides is 1. The Morgan fingerprint density at radius 1 is 1.35 bits per heavy atom. The van der Waals surface area contributed by atoms with E-state index in [0.29, 0.717) is 18.1 Å². The second-order valence-corrected chi connectivity index (χ2v) is 5.78.